The lowest BCUT2D eigenvalue weighted by Crippen LogP contribution is -2.29. The summed E-state index contributed by atoms with van der Waals surface area (Å²) in [7, 11) is 0. The Balaban J connectivity index is 2.31. The Kier molecular flexibility index (Phi) is 3.33. The molecule has 0 aliphatic heterocycles. The Morgan fingerprint density at radius 3 is 2.58 bits per heavy atom. The van der Waals surface area contributed by atoms with Crippen LogP contribution < -0.4 is 16.6 Å². The average Bonchev–Trinajstić information content (AvgIpc) is 2.32. The number of aromatic amines is 2. The van der Waals surface area contributed by atoms with Gasteiger partial charge in [-0.3, -0.25) is 14.6 Å². The van der Waals surface area contributed by atoms with Crippen LogP contribution in [-0.2, 0) is 0 Å². The summed E-state index contributed by atoms with van der Waals surface area (Å²) in [6.07, 6.45) is 1.10. The van der Waals surface area contributed by atoms with Gasteiger partial charge < -0.3 is 10.3 Å². The van der Waals surface area contributed by atoms with Gasteiger partial charge in [-0.05, 0) is 25.5 Å². The molecule has 1 amide bonds. The van der Waals surface area contributed by atoms with E-state index in [1.165, 1.54) is 0 Å². The second-order valence-electron chi connectivity index (χ2n) is 4.26. The Hall–Kier alpha value is -2.63. The molecular formula is C13H13N3O3. The first-order valence-electron chi connectivity index (χ1n) is 5.68. The zero-order valence-electron chi connectivity index (χ0n) is 10.5. The summed E-state index contributed by atoms with van der Waals surface area (Å²) in [5.41, 5.74) is 1.10. The van der Waals surface area contributed by atoms with Crippen LogP contribution in [-0.4, -0.2) is 15.9 Å². The first-order chi connectivity index (χ1) is 8.97. The summed E-state index contributed by atoms with van der Waals surface area (Å²) in [5.74, 6) is -0.565. The van der Waals surface area contributed by atoms with E-state index in [-0.39, 0.29) is 5.56 Å². The van der Waals surface area contributed by atoms with Crippen molar-refractivity contribution >= 4 is 11.6 Å². The van der Waals surface area contributed by atoms with Crippen molar-refractivity contribution in [3.05, 3.63) is 61.9 Å². The number of carbonyl (C=O) groups excluding carboxylic acids is 1. The van der Waals surface area contributed by atoms with Crippen molar-refractivity contribution in [3.8, 4) is 0 Å². The molecule has 1 aromatic carbocycles. The number of benzene rings is 1. The van der Waals surface area contributed by atoms with E-state index in [0.717, 1.165) is 17.3 Å². The molecule has 0 aliphatic rings. The maximum absolute atomic E-state index is 11.9. The molecule has 3 N–H and O–H groups in total. The smallest absolute Gasteiger partial charge is 0.322 e. The number of amides is 1. The summed E-state index contributed by atoms with van der Waals surface area (Å²) < 4.78 is 0. The van der Waals surface area contributed by atoms with E-state index >= 15 is 0 Å². The van der Waals surface area contributed by atoms with Gasteiger partial charge in [-0.25, -0.2) is 4.79 Å². The van der Waals surface area contributed by atoms with E-state index < -0.39 is 17.2 Å². The molecule has 2 aromatic rings. The zero-order chi connectivity index (χ0) is 14.0. The van der Waals surface area contributed by atoms with Crippen molar-refractivity contribution in [2.24, 2.45) is 0 Å². The molecule has 1 heterocycles. The highest BCUT2D eigenvalue weighted by Gasteiger charge is 2.12. The highest BCUT2D eigenvalue weighted by molar-refractivity contribution is 6.04. The van der Waals surface area contributed by atoms with Crippen LogP contribution in [0.25, 0.3) is 0 Å². The second kappa shape index (κ2) is 4.93. The summed E-state index contributed by atoms with van der Waals surface area (Å²) in [4.78, 5) is 38.5. The number of H-pyrrole nitrogens is 2. The summed E-state index contributed by atoms with van der Waals surface area (Å²) in [6.45, 7) is 3.81. The quantitative estimate of drug-likeness (QED) is 0.748. The molecule has 0 bridgehead atoms. The molecule has 6 nitrogen and oxygen atoms in total. The van der Waals surface area contributed by atoms with Crippen LogP contribution in [0.5, 0.6) is 0 Å². The van der Waals surface area contributed by atoms with Crippen molar-refractivity contribution in [3.63, 3.8) is 0 Å². The van der Waals surface area contributed by atoms with E-state index in [9.17, 15) is 14.4 Å². The Bertz CT molecular complexity index is 743. The van der Waals surface area contributed by atoms with E-state index in [0.29, 0.717) is 5.69 Å². The van der Waals surface area contributed by atoms with Crippen LogP contribution in [0.4, 0.5) is 5.69 Å². The number of hydrogen-bond donors (Lipinski definition) is 3. The molecular weight excluding hydrogens is 246 g/mol. The lowest BCUT2D eigenvalue weighted by atomic mass is 10.1. The summed E-state index contributed by atoms with van der Waals surface area (Å²) in [6, 6.07) is 5.55. The third-order valence-corrected chi connectivity index (χ3v) is 2.69. The van der Waals surface area contributed by atoms with E-state index in [4.69, 9.17) is 0 Å². The van der Waals surface area contributed by atoms with Gasteiger partial charge in [-0.1, -0.05) is 17.7 Å². The fourth-order valence-electron chi connectivity index (χ4n) is 1.72. The first kappa shape index (κ1) is 12.8. The Labute approximate surface area is 108 Å². The second-order valence-corrected chi connectivity index (χ2v) is 4.26. The number of nitrogens with one attached hydrogen (secondary N) is 3. The van der Waals surface area contributed by atoms with Gasteiger partial charge in [0.2, 0.25) is 0 Å². The van der Waals surface area contributed by atoms with Gasteiger partial charge in [0.15, 0.2) is 0 Å². The van der Waals surface area contributed by atoms with Crippen molar-refractivity contribution in [2.75, 3.05) is 5.32 Å². The van der Waals surface area contributed by atoms with Crippen LogP contribution >= 0.6 is 0 Å². The van der Waals surface area contributed by atoms with Gasteiger partial charge >= 0.3 is 5.69 Å². The molecule has 0 unspecified atom stereocenters. The SMILES string of the molecule is Cc1ccc(NC(=O)c2c[nH]c(=O)[nH]c2=O)c(C)c1. The maximum atomic E-state index is 11.9. The van der Waals surface area contributed by atoms with Crippen molar-refractivity contribution < 1.29 is 4.79 Å². The Morgan fingerprint density at radius 2 is 1.95 bits per heavy atom. The third-order valence-electron chi connectivity index (χ3n) is 2.69. The fraction of sp³-hybridized carbons (Fsp3) is 0.154. The minimum absolute atomic E-state index is 0.139. The monoisotopic (exact) mass is 259 g/mol. The third kappa shape index (κ3) is 2.79. The van der Waals surface area contributed by atoms with Crippen LogP contribution in [0.1, 0.15) is 21.5 Å². The van der Waals surface area contributed by atoms with Crippen LogP contribution in [0, 0.1) is 13.8 Å². The van der Waals surface area contributed by atoms with Crippen LogP contribution in [0.2, 0.25) is 0 Å². The molecule has 0 saturated carbocycles. The lowest BCUT2D eigenvalue weighted by Gasteiger charge is -2.08. The zero-order valence-corrected chi connectivity index (χ0v) is 10.5. The Morgan fingerprint density at radius 1 is 1.21 bits per heavy atom. The molecule has 0 fully saturated rings. The highest BCUT2D eigenvalue weighted by atomic mass is 16.2. The van der Waals surface area contributed by atoms with Gasteiger partial charge in [0.05, 0.1) is 0 Å². The molecule has 0 atom stereocenters. The van der Waals surface area contributed by atoms with Crippen molar-refractivity contribution in [2.45, 2.75) is 13.8 Å². The number of carbonyl (C=O) groups is 1. The molecule has 0 saturated heterocycles. The van der Waals surface area contributed by atoms with Gasteiger partial charge in [-0.2, -0.15) is 0 Å². The van der Waals surface area contributed by atoms with Crippen LogP contribution in [0.3, 0.4) is 0 Å². The lowest BCUT2D eigenvalue weighted by molar-refractivity contribution is 0.102. The van der Waals surface area contributed by atoms with Gasteiger partial charge in [-0.15, -0.1) is 0 Å². The molecule has 2 rings (SSSR count). The highest BCUT2D eigenvalue weighted by Crippen LogP contribution is 2.16. The molecule has 98 valence electrons. The number of aryl methyl sites for hydroxylation is 2. The molecule has 6 heteroatoms. The van der Waals surface area contributed by atoms with Crippen molar-refractivity contribution in [1.82, 2.24) is 9.97 Å². The van der Waals surface area contributed by atoms with E-state index in [1.807, 2.05) is 31.0 Å². The fourth-order valence-corrected chi connectivity index (χ4v) is 1.72. The number of rotatable bonds is 2. The van der Waals surface area contributed by atoms with Gasteiger partial charge in [0.1, 0.15) is 5.56 Å². The standard InChI is InChI=1S/C13H13N3O3/c1-7-3-4-10(8(2)5-7)15-11(17)9-6-14-13(19)16-12(9)18/h3-6H,1-2H3,(H,15,17)(H2,14,16,18,19). The van der Waals surface area contributed by atoms with Gasteiger partial charge in [0, 0.05) is 11.9 Å². The molecule has 0 spiro atoms. The normalized spacial score (nSPS) is 10.2. The molecule has 19 heavy (non-hydrogen) atoms. The average molecular weight is 259 g/mol. The topological polar surface area (TPSA) is 94.8 Å². The number of aromatic nitrogens is 2. The predicted molar refractivity (Wildman–Crippen MR) is 71.6 cm³/mol. The maximum Gasteiger partial charge on any atom is 0.325 e. The number of hydrogen-bond acceptors (Lipinski definition) is 3. The minimum Gasteiger partial charge on any atom is -0.322 e. The minimum atomic E-state index is -0.717. The van der Waals surface area contributed by atoms with Crippen LogP contribution in [0.15, 0.2) is 34.0 Å². The van der Waals surface area contributed by atoms with E-state index in [1.54, 1.807) is 6.07 Å². The first-order valence-corrected chi connectivity index (χ1v) is 5.68. The molecule has 0 aliphatic carbocycles. The summed E-state index contributed by atoms with van der Waals surface area (Å²) in [5, 5.41) is 2.63. The van der Waals surface area contributed by atoms with Crippen molar-refractivity contribution in [1.29, 1.82) is 0 Å². The predicted octanol–water partition coefficient (Wildman–Crippen LogP) is 0.932. The van der Waals surface area contributed by atoms with Gasteiger partial charge in [0.25, 0.3) is 11.5 Å². The number of anilines is 1. The largest absolute Gasteiger partial charge is 0.325 e. The molecule has 0 radical (unpaired) electrons. The van der Waals surface area contributed by atoms with E-state index in [2.05, 4.69) is 10.3 Å². The molecule has 1 aromatic heterocycles. The summed E-state index contributed by atoms with van der Waals surface area (Å²) >= 11 is 0.